The molecule has 3 heterocycles. The zero-order chi connectivity index (χ0) is 30.1. The molecule has 2 aromatic rings. The highest BCUT2D eigenvalue weighted by Gasteiger charge is 2.47. The van der Waals surface area contributed by atoms with Gasteiger partial charge in [-0.2, -0.15) is 26.3 Å². The molecule has 2 fully saturated rings. The van der Waals surface area contributed by atoms with Crippen LogP contribution in [0.3, 0.4) is 0 Å². The lowest BCUT2D eigenvalue weighted by Gasteiger charge is -2.54. The van der Waals surface area contributed by atoms with E-state index in [0.29, 0.717) is 11.5 Å². The summed E-state index contributed by atoms with van der Waals surface area (Å²) in [6, 6.07) is 8.45. The quantitative estimate of drug-likeness (QED) is 0.516. The van der Waals surface area contributed by atoms with E-state index in [1.807, 2.05) is 17.3 Å². The summed E-state index contributed by atoms with van der Waals surface area (Å²) in [5, 5.41) is 14.2. The molecule has 2 aromatic heterocycles. The van der Waals surface area contributed by atoms with E-state index >= 15 is 0 Å². The van der Waals surface area contributed by atoms with Crippen molar-refractivity contribution in [2.45, 2.75) is 50.6 Å². The highest BCUT2D eigenvalue weighted by molar-refractivity contribution is 5.94. The highest BCUT2D eigenvalue weighted by Crippen LogP contribution is 2.51. The Morgan fingerprint density at radius 2 is 1.27 bits per heavy atom. The number of pyridine rings is 2. The van der Waals surface area contributed by atoms with Gasteiger partial charge in [0.2, 0.25) is 0 Å². The SMILES string of the molecule is CN(Cc1ccncc1)C1CC2(CCN(C(=O)c3ccncc3)CC2)C1.O=C(O)C(F)(F)F.O=C(O)C(F)(F)F. The maximum atomic E-state index is 12.6. The van der Waals surface area contributed by atoms with Crippen LogP contribution in [0.25, 0.3) is 0 Å². The van der Waals surface area contributed by atoms with Gasteiger partial charge in [-0.3, -0.25) is 19.7 Å². The molecule has 220 valence electrons. The molecule has 1 spiro atoms. The normalized spacial score (nSPS) is 16.6. The fourth-order valence-electron chi connectivity index (χ4n) is 4.43. The van der Waals surface area contributed by atoms with Crippen LogP contribution in [0, 0.1) is 5.41 Å². The summed E-state index contributed by atoms with van der Waals surface area (Å²) in [5.74, 6) is -5.37. The number of rotatable bonds is 4. The molecule has 1 saturated carbocycles. The van der Waals surface area contributed by atoms with Gasteiger partial charge in [0.15, 0.2) is 0 Å². The molecule has 4 rings (SSSR count). The first kappa shape index (κ1) is 32.5. The summed E-state index contributed by atoms with van der Waals surface area (Å²) < 4.78 is 63.5. The number of carbonyl (C=O) groups excluding carboxylic acids is 1. The molecule has 0 atom stereocenters. The summed E-state index contributed by atoms with van der Waals surface area (Å²) in [6.45, 7) is 2.74. The Morgan fingerprint density at radius 3 is 1.68 bits per heavy atom. The number of nitrogens with zero attached hydrogens (tertiary/aromatic N) is 4. The fraction of sp³-hybridized carbons (Fsp3) is 0.480. The molecule has 0 bridgehead atoms. The zero-order valence-electron chi connectivity index (χ0n) is 21.3. The molecule has 0 unspecified atom stereocenters. The molecular weight excluding hydrogens is 550 g/mol. The van der Waals surface area contributed by atoms with Gasteiger partial charge in [-0.05, 0) is 68.0 Å². The number of aliphatic carboxylic acids is 2. The Hall–Kier alpha value is -3.75. The maximum Gasteiger partial charge on any atom is 0.490 e. The average molecular weight is 579 g/mol. The second kappa shape index (κ2) is 13.5. The van der Waals surface area contributed by atoms with Crippen molar-refractivity contribution in [1.82, 2.24) is 19.8 Å². The molecule has 40 heavy (non-hydrogen) atoms. The Kier molecular flexibility index (Phi) is 11.0. The van der Waals surface area contributed by atoms with Crippen molar-refractivity contribution < 1.29 is 50.9 Å². The molecular formula is C25H28F6N4O5. The van der Waals surface area contributed by atoms with Crippen LogP contribution in [0.15, 0.2) is 49.1 Å². The van der Waals surface area contributed by atoms with Crippen LogP contribution in [-0.2, 0) is 16.1 Å². The van der Waals surface area contributed by atoms with Gasteiger partial charge in [0.25, 0.3) is 5.91 Å². The van der Waals surface area contributed by atoms with Gasteiger partial charge in [-0.25, -0.2) is 9.59 Å². The Labute approximate surface area is 225 Å². The summed E-state index contributed by atoms with van der Waals surface area (Å²) in [5.41, 5.74) is 2.52. The Bertz CT molecular complexity index is 1090. The number of carboxylic acid groups (broad SMARTS) is 2. The first-order valence-corrected chi connectivity index (χ1v) is 11.9. The van der Waals surface area contributed by atoms with E-state index in [1.54, 1.807) is 24.5 Å². The number of alkyl halides is 6. The number of hydrogen-bond acceptors (Lipinski definition) is 6. The van der Waals surface area contributed by atoms with Crippen molar-refractivity contribution >= 4 is 17.8 Å². The molecule has 1 amide bonds. The summed E-state index contributed by atoms with van der Waals surface area (Å²) >= 11 is 0. The third-order valence-electron chi connectivity index (χ3n) is 6.67. The average Bonchev–Trinajstić information content (AvgIpc) is 2.87. The lowest BCUT2D eigenvalue weighted by atomic mass is 9.60. The molecule has 1 saturated heterocycles. The summed E-state index contributed by atoms with van der Waals surface area (Å²) in [4.78, 5) is 42.9. The van der Waals surface area contributed by atoms with E-state index in [0.717, 1.165) is 38.0 Å². The van der Waals surface area contributed by atoms with Gasteiger partial charge >= 0.3 is 24.3 Å². The number of aromatic nitrogens is 2. The van der Waals surface area contributed by atoms with Crippen LogP contribution in [0.4, 0.5) is 26.3 Å². The zero-order valence-corrected chi connectivity index (χ0v) is 21.3. The molecule has 0 radical (unpaired) electrons. The van der Waals surface area contributed by atoms with Crippen molar-refractivity contribution in [2.24, 2.45) is 5.41 Å². The van der Waals surface area contributed by atoms with Gasteiger partial charge in [0.05, 0.1) is 0 Å². The largest absolute Gasteiger partial charge is 0.490 e. The van der Waals surface area contributed by atoms with Crippen molar-refractivity contribution in [2.75, 3.05) is 20.1 Å². The molecule has 9 nitrogen and oxygen atoms in total. The van der Waals surface area contributed by atoms with Gasteiger partial charge in [0.1, 0.15) is 0 Å². The van der Waals surface area contributed by atoms with E-state index in [9.17, 15) is 31.1 Å². The van der Waals surface area contributed by atoms with Crippen LogP contribution in [0.5, 0.6) is 0 Å². The minimum absolute atomic E-state index is 0.146. The Balaban J connectivity index is 0.000000333. The van der Waals surface area contributed by atoms with E-state index in [-0.39, 0.29) is 5.91 Å². The van der Waals surface area contributed by atoms with Gasteiger partial charge in [-0.15, -0.1) is 0 Å². The monoisotopic (exact) mass is 578 g/mol. The topological polar surface area (TPSA) is 124 Å². The Morgan fingerprint density at radius 1 is 0.875 bits per heavy atom. The van der Waals surface area contributed by atoms with Crippen molar-refractivity contribution in [3.63, 3.8) is 0 Å². The molecule has 0 aromatic carbocycles. The molecule has 1 aliphatic carbocycles. The van der Waals surface area contributed by atoms with Crippen LogP contribution in [0.2, 0.25) is 0 Å². The predicted octanol–water partition coefficient (Wildman–Crippen LogP) is 4.26. The van der Waals surface area contributed by atoms with Crippen LogP contribution in [0.1, 0.15) is 41.6 Å². The standard InChI is InChI=1S/C21H26N4O.2C2HF3O2/c1-24(16-17-2-8-22-9-3-17)19-14-21(15-19)6-12-25(13-7-21)20(26)18-4-10-23-11-5-18;2*3-2(4,5)1(6)7/h2-5,8-11,19H,6-7,12-16H2,1H3;2*(H,6,7). The van der Waals surface area contributed by atoms with E-state index in [1.165, 1.54) is 18.4 Å². The lowest BCUT2D eigenvalue weighted by molar-refractivity contribution is -0.193. The van der Waals surface area contributed by atoms with Crippen molar-refractivity contribution in [3.8, 4) is 0 Å². The molecule has 2 aliphatic rings. The second-order valence-electron chi connectivity index (χ2n) is 9.47. The number of halogens is 6. The summed E-state index contributed by atoms with van der Waals surface area (Å²) in [6.07, 6.45) is 1.70. The number of amides is 1. The van der Waals surface area contributed by atoms with Gasteiger partial charge < -0.3 is 15.1 Å². The van der Waals surface area contributed by atoms with E-state index in [2.05, 4.69) is 34.0 Å². The number of carboxylic acids is 2. The highest BCUT2D eigenvalue weighted by atomic mass is 19.4. The minimum Gasteiger partial charge on any atom is -0.475 e. The van der Waals surface area contributed by atoms with Gasteiger partial charge in [0, 0.05) is 56.0 Å². The third kappa shape index (κ3) is 9.77. The molecule has 1 aliphatic heterocycles. The van der Waals surface area contributed by atoms with Crippen molar-refractivity contribution in [1.29, 1.82) is 0 Å². The van der Waals surface area contributed by atoms with Crippen LogP contribution < -0.4 is 0 Å². The number of carbonyl (C=O) groups is 3. The first-order chi connectivity index (χ1) is 18.5. The van der Waals surface area contributed by atoms with E-state index in [4.69, 9.17) is 19.8 Å². The first-order valence-electron chi connectivity index (χ1n) is 11.9. The van der Waals surface area contributed by atoms with Crippen LogP contribution in [-0.4, -0.2) is 86.4 Å². The van der Waals surface area contributed by atoms with E-state index < -0.39 is 24.3 Å². The smallest absolute Gasteiger partial charge is 0.475 e. The fourth-order valence-corrected chi connectivity index (χ4v) is 4.43. The van der Waals surface area contributed by atoms with Gasteiger partial charge in [-0.1, -0.05) is 0 Å². The lowest BCUT2D eigenvalue weighted by Crippen LogP contribution is -2.54. The molecule has 15 heteroatoms. The number of piperidine rings is 1. The second-order valence-corrected chi connectivity index (χ2v) is 9.47. The predicted molar refractivity (Wildman–Crippen MR) is 128 cm³/mol. The maximum absolute atomic E-state index is 12.6. The van der Waals surface area contributed by atoms with Crippen LogP contribution >= 0.6 is 0 Å². The summed E-state index contributed by atoms with van der Waals surface area (Å²) in [7, 11) is 2.22. The third-order valence-corrected chi connectivity index (χ3v) is 6.67. The number of hydrogen-bond donors (Lipinski definition) is 2. The minimum atomic E-state index is -5.08. The number of likely N-dealkylation sites (tertiary alicyclic amines) is 1. The molecule has 2 N–H and O–H groups in total. The van der Waals surface area contributed by atoms with Crippen molar-refractivity contribution in [3.05, 3.63) is 60.2 Å².